The Kier molecular flexibility index (Phi) is 9.31. The van der Waals surface area contributed by atoms with Gasteiger partial charge in [0, 0.05) is 31.2 Å². The van der Waals surface area contributed by atoms with Gasteiger partial charge in [0.2, 0.25) is 5.75 Å². The van der Waals surface area contributed by atoms with Gasteiger partial charge in [0.1, 0.15) is 22.8 Å². The molecule has 2 aliphatic rings. The van der Waals surface area contributed by atoms with Crippen molar-refractivity contribution >= 4 is 29.8 Å². The van der Waals surface area contributed by atoms with Crippen LogP contribution in [0.4, 0.5) is 0 Å². The molecule has 0 aliphatic carbocycles. The van der Waals surface area contributed by atoms with Crippen molar-refractivity contribution < 1.29 is 48.0 Å². The maximum atomic E-state index is 13.4. The van der Waals surface area contributed by atoms with Gasteiger partial charge in [-0.2, -0.15) is 0 Å². The van der Waals surface area contributed by atoms with Gasteiger partial charge in [-0.05, 0) is 61.9 Å². The number of ether oxygens (including phenoxy) is 5. The van der Waals surface area contributed by atoms with Crippen molar-refractivity contribution in [2.24, 2.45) is 0 Å². The van der Waals surface area contributed by atoms with Crippen LogP contribution in [0.3, 0.4) is 0 Å². The van der Waals surface area contributed by atoms with Crippen LogP contribution in [0.15, 0.2) is 24.3 Å². The van der Waals surface area contributed by atoms with Crippen LogP contribution in [0.5, 0.6) is 28.7 Å². The molecule has 10 heteroatoms. The maximum Gasteiger partial charge on any atom is 0.342 e. The zero-order valence-corrected chi connectivity index (χ0v) is 23.6. The average Bonchev–Trinajstić information content (AvgIpc) is 2.91. The molecular formula is C31H34O10. The minimum absolute atomic E-state index is 0.0432. The van der Waals surface area contributed by atoms with Gasteiger partial charge in [-0.15, -0.1) is 0 Å². The van der Waals surface area contributed by atoms with Gasteiger partial charge < -0.3 is 28.8 Å². The third kappa shape index (κ3) is 6.70. The zero-order chi connectivity index (χ0) is 29.7. The molecule has 0 bridgehead atoms. The van der Waals surface area contributed by atoms with E-state index in [0.29, 0.717) is 49.7 Å². The standard InChI is InChI=1S/C31H34O10/c1-17-9-8-12-21(33)11-7-5-6-10-19-13-23-28(29(35)27(19)31(36)39-17)22(16-26(34)41-23)20-14-24(37-3)30(40-18(2)32)25(15-20)38-4/h6,10,13-15,17,22,35H,5,7-9,11-12,16H2,1-4H3/b10-6+. The first-order valence-electron chi connectivity index (χ1n) is 13.6. The fraction of sp³-hybridized carbons (Fsp3) is 0.419. The summed E-state index contributed by atoms with van der Waals surface area (Å²) >= 11 is 0. The highest BCUT2D eigenvalue weighted by atomic mass is 16.6. The summed E-state index contributed by atoms with van der Waals surface area (Å²) in [4.78, 5) is 50.0. The Morgan fingerprint density at radius 3 is 2.37 bits per heavy atom. The lowest BCUT2D eigenvalue weighted by Gasteiger charge is -2.28. The van der Waals surface area contributed by atoms with Crippen LogP contribution in [0.1, 0.15) is 91.8 Å². The zero-order valence-electron chi connectivity index (χ0n) is 23.6. The third-order valence-corrected chi connectivity index (χ3v) is 7.11. The number of Topliss-reactive ketones (excluding diaryl/α,β-unsaturated/α-hetero) is 1. The van der Waals surface area contributed by atoms with E-state index in [-0.39, 0.29) is 52.1 Å². The molecule has 0 amide bonds. The van der Waals surface area contributed by atoms with E-state index >= 15 is 0 Å². The summed E-state index contributed by atoms with van der Waals surface area (Å²) in [5.41, 5.74) is 1.03. The molecule has 0 fully saturated rings. The number of cyclic esters (lactones) is 1. The molecule has 1 N–H and O–H groups in total. The molecule has 2 atom stereocenters. The van der Waals surface area contributed by atoms with Crippen LogP contribution < -0.4 is 18.9 Å². The molecule has 2 unspecified atom stereocenters. The number of phenolic OH excluding ortho intramolecular Hbond substituents is 1. The van der Waals surface area contributed by atoms with Crippen molar-refractivity contribution in [3.8, 4) is 28.7 Å². The van der Waals surface area contributed by atoms with Crippen molar-refractivity contribution in [1.29, 1.82) is 0 Å². The smallest absolute Gasteiger partial charge is 0.342 e. The molecule has 0 aromatic heterocycles. The van der Waals surface area contributed by atoms with Gasteiger partial charge in [-0.1, -0.05) is 12.2 Å². The number of aromatic hydroxyl groups is 1. The number of carbonyl (C=O) groups is 4. The quantitative estimate of drug-likeness (QED) is 0.386. The fourth-order valence-corrected chi connectivity index (χ4v) is 5.15. The van der Waals surface area contributed by atoms with Crippen LogP contribution in [0, 0.1) is 0 Å². The van der Waals surface area contributed by atoms with Gasteiger partial charge in [-0.25, -0.2) is 4.79 Å². The summed E-state index contributed by atoms with van der Waals surface area (Å²) in [7, 11) is 2.80. The number of rotatable bonds is 4. The van der Waals surface area contributed by atoms with E-state index in [9.17, 15) is 24.3 Å². The number of benzene rings is 2. The molecule has 10 nitrogen and oxygen atoms in total. The molecule has 0 radical (unpaired) electrons. The van der Waals surface area contributed by atoms with Crippen LogP contribution in [-0.4, -0.2) is 49.1 Å². The van der Waals surface area contributed by atoms with Crippen LogP contribution in [-0.2, 0) is 19.1 Å². The summed E-state index contributed by atoms with van der Waals surface area (Å²) in [5, 5.41) is 11.6. The largest absolute Gasteiger partial charge is 0.507 e. The summed E-state index contributed by atoms with van der Waals surface area (Å²) in [5.74, 6) is -2.23. The third-order valence-electron chi connectivity index (χ3n) is 7.11. The van der Waals surface area contributed by atoms with Gasteiger partial charge in [0.15, 0.2) is 11.5 Å². The lowest BCUT2D eigenvalue weighted by molar-refractivity contribution is -0.135. The number of carbonyl (C=O) groups excluding carboxylic acids is 4. The first kappa shape index (κ1) is 29.6. The Bertz CT molecular complexity index is 1360. The van der Waals surface area contributed by atoms with E-state index in [2.05, 4.69) is 0 Å². The second-order valence-corrected chi connectivity index (χ2v) is 10.1. The highest BCUT2D eigenvalue weighted by Crippen LogP contribution is 2.50. The Hall–Kier alpha value is -4.34. The normalized spacial score (nSPS) is 20.4. The molecule has 2 heterocycles. The summed E-state index contributed by atoms with van der Waals surface area (Å²) in [6.07, 6.45) is 6.08. The molecule has 2 aliphatic heterocycles. The van der Waals surface area contributed by atoms with Crippen molar-refractivity contribution in [3.63, 3.8) is 0 Å². The Labute approximate surface area is 238 Å². The monoisotopic (exact) mass is 566 g/mol. The highest BCUT2D eigenvalue weighted by Gasteiger charge is 2.36. The van der Waals surface area contributed by atoms with Crippen molar-refractivity contribution in [2.75, 3.05) is 14.2 Å². The lowest BCUT2D eigenvalue weighted by atomic mass is 9.83. The lowest BCUT2D eigenvalue weighted by Crippen LogP contribution is -2.23. The second kappa shape index (κ2) is 12.9. The van der Waals surface area contributed by atoms with E-state index in [0.717, 1.165) is 0 Å². The average molecular weight is 567 g/mol. The Balaban J connectivity index is 1.86. The van der Waals surface area contributed by atoms with E-state index in [1.54, 1.807) is 25.1 Å². The Morgan fingerprint density at radius 1 is 1.02 bits per heavy atom. The van der Waals surface area contributed by atoms with Gasteiger partial charge in [0.25, 0.3) is 0 Å². The molecule has 0 saturated carbocycles. The number of esters is 3. The van der Waals surface area contributed by atoms with Gasteiger partial charge in [0.05, 0.1) is 26.7 Å². The maximum absolute atomic E-state index is 13.4. The number of fused-ring (bicyclic) bond motifs is 2. The van der Waals surface area contributed by atoms with Crippen LogP contribution in [0.25, 0.3) is 6.08 Å². The topological polar surface area (TPSA) is 135 Å². The number of ketones is 1. The summed E-state index contributed by atoms with van der Waals surface area (Å²) < 4.78 is 27.4. The summed E-state index contributed by atoms with van der Waals surface area (Å²) in [6, 6.07) is 4.71. The molecule has 2 aromatic carbocycles. The molecule has 218 valence electrons. The SMILES string of the molecule is COc1cc(C2CC(=O)Oc3cc4c(c(O)c32)C(=O)OC(C)CCCC(=O)CCC/C=C/4)cc(OC)c1OC(C)=O. The first-order valence-corrected chi connectivity index (χ1v) is 13.6. The minimum Gasteiger partial charge on any atom is -0.507 e. The van der Waals surface area contributed by atoms with E-state index < -0.39 is 29.9 Å². The number of hydrogen-bond acceptors (Lipinski definition) is 10. The fourth-order valence-electron chi connectivity index (χ4n) is 5.15. The summed E-state index contributed by atoms with van der Waals surface area (Å²) in [6.45, 7) is 2.99. The van der Waals surface area contributed by atoms with Gasteiger partial charge >= 0.3 is 17.9 Å². The molecule has 4 rings (SSSR count). The molecule has 41 heavy (non-hydrogen) atoms. The minimum atomic E-state index is -0.751. The van der Waals surface area contributed by atoms with Crippen LogP contribution in [0.2, 0.25) is 0 Å². The number of hydrogen-bond donors (Lipinski definition) is 1. The molecule has 0 saturated heterocycles. The van der Waals surface area contributed by atoms with Crippen molar-refractivity contribution in [3.05, 3.63) is 46.5 Å². The predicted molar refractivity (Wildman–Crippen MR) is 148 cm³/mol. The van der Waals surface area contributed by atoms with E-state index in [4.69, 9.17) is 23.7 Å². The predicted octanol–water partition coefficient (Wildman–Crippen LogP) is 5.26. The second-order valence-electron chi connectivity index (χ2n) is 10.1. The molecule has 2 aromatic rings. The van der Waals surface area contributed by atoms with Crippen molar-refractivity contribution in [1.82, 2.24) is 0 Å². The highest BCUT2D eigenvalue weighted by molar-refractivity contribution is 5.98. The number of allylic oxidation sites excluding steroid dienone is 1. The molecule has 0 spiro atoms. The first-order chi connectivity index (χ1) is 19.6. The Morgan fingerprint density at radius 2 is 1.71 bits per heavy atom. The van der Waals surface area contributed by atoms with E-state index in [1.165, 1.54) is 27.2 Å². The van der Waals surface area contributed by atoms with Crippen LogP contribution >= 0.6 is 0 Å². The molecular weight excluding hydrogens is 532 g/mol. The van der Waals surface area contributed by atoms with E-state index in [1.807, 2.05) is 6.08 Å². The van der Waals surface area contributed by atoms with Gasteiger partial charge in [-0.3, -0.25) is 14.4 Å². The number of methoxy groups -OCH3 is 2. The van der Waals surface area contributed by atoms with Crippen molar-refractivity contribution in [2.45, 2.75) is 70.8 Å². The number of phenols is 1.